The van der Waals surface area contributed by atoms with Gasteiger partial charge in [-0.25, -0.2) is 4.98 Å². The number of hydrogen-bond acceptors (Lipinski definition) is 3. The molecule has 2 rings (SSSR count). The summed E-state index contributed by atoms with van der Waals surface area (Å²) in [5, 5.41) is 11.2. The second-order valence-electron chi connectivity index (χ2n) is 5.55. The van der Waals surface area contributed by atoms with Gasteiger partial charge < -0.3 is 5.32 Å². The van der Waals surface area contributed by atoms with Crippen molar-refractivity contribution in [3.05, 3.63) is 22.6 Å². The first-order chi connectivity index (χ1) is 9.36. The van der Waals surface area contributed by atoms with Crippen LogP contribution in [0.5, 0.6) is 0 Å². The van der Waals surface area contributed by atoms with Crippen molar-refractivity contribution in [3.63, 3.8) is 0 Å². The molecule has 2 aromatic rings. The van der Waals surface area contributed by atoms with Crippen LogP contribution < -0.4 is 5.32 Å². The number of aryl methyl sites for hydroxylation is 1. The Hall–Kier alpha value is -1.62. The van der Waals surface area contributed by atoms with Crippen molar-refractivity contribution in [1.82, 2.24) is 20.5 Å². The summed E-state index contributed by atoms with van der Waals surface area (Å²) in [6, 6.07) is 0. The molecule has 2 aromatic heterocycles. The maximum atomic E-state index is 12.1. The van der Waals surface area contributed by atoms with Gasteiger partial charge in [0, 0.05) is 22.9 Å². The Balaban J connectivity index is 2.27. The van der Waals surface area contributed by atoms with Gasteiger partial charge in [-0.15, -0.1) is 0 Å². The SMILES string of the molecule is CCC(C)(C)C(=O)NCc1c(Cl)nc(C)c2cn[nH]c12. The molecule has 6 heteroatoms. The Kier molecular flexibility index (Phi) is 3.99. The molecule has 0 saturated carbocycles. The first-order valence-electron chi connectivity index (χ1n) is 6.63. The zero-order valence-electron chi connectivity index (χ0n) is 12.2. The maximum Gasteiger partial charge on any atom is 0.225 e. The number of hydrogen-bond donors (Lipinski definition) is 2. The van der Waals surface area contributed by atoms with Crippen LogP contribution in [0.3, 0.4) is 0 Å². The Bertz CT molecular complexity index is 648. The second-order valence-corrected chi connectivity index (χ2v) is 5.90. The van der Waals surface area contributed by atoms with Crippen LogP contribution in [0.2, 0.25) is 5.15 Å². The second kappa shape index (κ2) is 5.40. The van der Waals surface area contributed by atoms with Crippen LogP contribution in [0, 0.1) is 12.3 Å². The van der Waals surface area contributed by atoms with E-state index < -0.39 is 5.41 Å². The molecule has 2 N–H and O–H groups in total. The fourth-order valence-corrected chi connectivity index (χ4v) is 2.19. The van der Waals surface area contributed by atoms with E-state index in [0.29, 0.717) is 11.7 Å². The standard InChI is InChI=1S/C14H19ClN4O/c1-5-14(3,4)13(20)16-6-10-11-9(7-17-19-11)8(2)18-12(10)15/h7H,5-6H2,1-4H3,(H,16,20)(H,17,19). The summed E-state index contributed by atoms with van der Waals surface area (Å²) in [5.74, 6) is 0.00399. The van der Waals surface area contributed by atoms with Crippen LogP contribution >= 0.6 is 11.6 Å². The molecule has 0 spiro atoms. The van der Waals surface area contributed by atoms with Crippen LogP contribution in [-0.2, 0) is 11.3 Å². The number of rotatable bonds is 4. The number of pyridine rings is 1. The van der Waals surface area contributed by atoms with Crippen LogP contribution in [0.25, 0.3) is 10.9 Å². The molecule has 0 aliphatic heterocycles. The molecule has 0 aromatic carbocycles. The summed E-state index contributed by atoms with van der Waals surface area (Å²) in [5.41, 5.74) is 2.03. The zero-order valence-corrected chi connectivity index (χ0v) is 12.9. The minimum absolute atomic E-state index is 0.00399. The molecule has 2 heterocycles. The Morgan fingerprint density at radius 1 is 1.50 bits per heavy atom. The highest BCUT2D eigenvalue weighted by Crippen LogP contribution is 2.25. The smallest absolute Gasteiger partial charge is 0.225 e. The van der Waals surface area contributed by atoms with Gasteiger partial charge >= 0.3 is 0 Å². The van der Waals surface area contributed by atoms with E-state index in [0.717, 1.165) is 28.6 Å². The quantitative estimate of drug-likeness (QED) is 0.852. The molecule has 0 aliphatic rings. The number of nitrogens with zero attached hydrogens (tertiary/aromatic N) is 2. The van der Waals surface area contributed by atoms with Gasteiger partial charge in [0.2, 0.25) is 5.91 Å². The van der Waals surface area contributed by atoms with E-state index in [2.05, 4.69) is 20.5 Å². The number of aromatic nitrogens is 3. The summed E-state index contributed by atoms with van der Waals surface area (Å²) >= 11 is 6.19. The lowest BCUT2D eigenvalue weighted by molar-refractivity contribution is -0.129. The monoisotopic (exact) mass is 294 g/mol. The third kappa shape index (κ3) is 2.63. The van der Waals surface area contributed by atoms with Crippen LogP contribution in [0.4, 0.5) is 0 Å². The fraction of sp³-hybridized carbons (Fsp3) is 0.500. The molecule has 0 unspecified atom stereocenters. The van der Waals surface area contributed by atoms with Crippen LogP contribution in [0.15, 0.2) is 6.20 Å². The molecule has 5 nitrogen and oxygen atoms in total. The third-order valence-electron chi connectivity index (χ3n) is 3.77. The zero-order chi connectivity index (χ0) is 14.9. The fourth-order valence-electron chi connectivity index (χ4n) is 1.90. The topological polar surface area (TPSA) is 70.7 Å². The van der Waals surface area contributed by atoms with Gasteiger partial charge in [-0.2, -0.15) is 5.10 Å². The molecule has 0 saturated heterocycles. The first-order valence-corrected chi connectivity index (χ1v) is 7.01. The van der Waals surface area contributed by atoms with Crippen molar-refractivity contribution in [1.29, 1.82) is 0 Å². The van der Waals surface area contributed by atoms with E-state index in [1.165, 1.54) is 0 Å². The molecular weight excluding hydrogens is 276 g/mol. The number of carbonyl (C=O) groups is 1. The minimum atomic E-state index is -0.391. The average molecular weight is 295 g/mol. The predicted molar refractivity (Wildman–Crippen MR) is 79.6 cm³/mol. The molecule has 0 radical (unpaired) electrons. The van der Waals surface area contributed by atoms with Gasteiger partial charge in [0.25, 0.3) is 0 Å². The van der Waals surface area contributed by atoms with Gasteiger partial charge in [0.05, 0.1) is 17.4 Å². The van der Waals surface area contributed by atoms with E-state index in [-0.39, 0.29) is 5.91 Å². The number of fused-ring (bicyclic) bond motifs is 1. The highest BCUT2D eigenvalue weighted by atomic mass is 35.5. The van der Waals surface area contributed by atoms with Crippen molar-refractivity contribution in [2.24, 2.45) is 5.41 Å². The van der Waals surface area contributed by atoms with Crippen LogP contribution in [-0.4, -0.2) is 21.1 Å². The highest BCUT2D eigenvalue weighted by Gasteiger charge is 2.25. The molecule has 0 atom stereocenters. The Morgan fingerprint density at radius 2 is 2.20 bits per heavy atom. The van der Waals surface area contributed by atoms with E-state index in [1.54, 1.807) is 6.20 Å². The van der Waals surface area contributed by atoms with E-state index in [4.69, 9.17) is 11.6 Å². The van der Waals surface area contributed by atoms with Gasteiger partial charge in [-0.05, 0) is 13.3 Å². The number of H-pyrrole nitrogens is 1. The summed E-state index contributed by atoms with van der Waals surface area (Å²) < 4.78 is 0. The van der Waals surface area contributed by atoms with E-state index >= 15 is 0 Å². The first kappa shape index (κ1) is 14.8. The molecule has 1 amide bonds. The lowest BCUT2D eigenvalue weighted by Crippen LogP contribution is -2.36. The van der Waals surface area contributed by atoms with Crippen LogP contribution in [0.1, 0.15) is 38.4 Å². The number of carbonyl (C=O) groups excluding carboxylic acids is 1. The van der Waals surface area contributed by atoms with Crippen molar-refractivity contribution in [2.75, 3.05) is 0 Å². The van der Waals surface area contributed by atoms with Gasteiger partial charge in [0.1, 0.15) is 5.15 Å². The summed E-state index contributed by atoms with van der Waals surface area (Å²) in [6.07, 6.45) is 2.49. The molecule has 20 heavy (non-hydrogen) atoms. The van der Waals surface area contributed by atoms with E-state index in [1.807, 2.05) is 27.7 Å². The molecule has 0 bridgehead atoms. The molecule has 0 fully saturated rings. The Labute approximate surface area is 123 Å². The van der Waals surface area contributed by atoms with Gasteiger partial charge in [-0.1, -0.05) is 32.4 Å². The van der Waals surface area contributed by atoms with Gasteiger partial charge in [0.15, 0.2) is 0 Å². The predicted octanol–water partition coefficient (Wildman–Crippen LogP) is 2.97. The number of aromatic amines is 1. The van der Waals surface area contributed by atoms with Gasteiger partial charge in [-0.3, -0.25) is 9.89 Å². The van der Waals surface area contributed by atoms with E-state index in [9.17, 15) is 4.79 Å². The average Bonchev–Trinajstić information content (AvgIpc) is 2.87. The minimum Gasteiger partial charge on any atom is -0.351 e. The Morgan fingerprint density at radius 3 is 2.85 bits per heavy atom. The number of amides is 1. The lowest BCUT2D eigenvalue weighted by Gasteiger charge is -2.21. The molecular formula is C14H19ClN4O. The largest absolute Gasteiger partial charge is 0.351 e. The maximum absolute atomic E-state index is 12.1. The normalized spacial score (nSPS) is 11.8. The van der Waals surface area contributed by atoms with Crippen molar-refractivity contribution in [3.8, 4) is 0 Å². The number of halogens is 1. The summed E-state index contributed by atoms with van der Waals surface area (Å²) in [6.45, 7) is 8.05. The van der Waals surface area contributed by atoms with Crippen molar-refractivity contribution < 1.29 is 4.79 Å². The summed E-state index contributed by atoms with van der Waals surface area (Å²) in [7, 11) is 0. The van der Waals surface area contributed by atoms with Crippen molar-refractivity contribution in [2.45, 2.75) is 40.7 Å². The molecule has 108 valence electrons. The number of nitrogens with one attached hydrogen (secondary N) is 2. The van der Waals surface area contributed by atoms with Crippen molar-refractivity contribution >= 4 is 28.4 Å². The summed E-state index contributed by atoms with van der Waals surface area (Å²) in [4.78, 5) is 16.4. The lowest BCUT2D eigenvalue weighted by atomic mass is 9.89. The third-order valence-corrected chi connectivity index (χ3v) is 4.08. The molecule has 0 aliphatic carbocycles. The highest BCUT2D eigenvalue weighted by molar-refractivity contribution is 6.31.